The molecule has 0 aliphatic carbocycles. The van der Waals surface area contributed by atoms with Crippen LogP contribution in [0, 0.1) is 27.7 Å². The second kappa shape index (κ2) is 6.88. The fourth-order valence-electron chi connectivity index (χ4n) is 2.77. The monoisotopic (exact) mass is 355 g/mol. The van der Waals surface area contributed by atoms with E-state index in [4.69, 9.17) is 4.42 Å². The second-order valence-corrected chi connectivity index (χ2v) is 7.11. The first-order valence-corrected chi connectivity index (χ1v) is 9.05. The van der Waals surface area contributed by atoms with Crippen LogP contribution in [-0.2, 0) is 7.05 Å². The first-order valence-electron chi connectivity index (χ1n) is 8.06. The molecule has 0 amide bonds. The van der Waals surface area contributed by atoms with Crippen LogP contribution in [-0.4, -0.2) is 26.3 Å². The zero-order chi connectivity index (χ0) is 18.1. The molecule has 5 nitrogen and oxygen atoms in total. The number of hydrogen-bond acceptors (Lipinski definition) is 5. The first kappa shape index (κ1) is 17.5. The predicted octanol–water partition coefficient (Wildman–Crippen LogP) is 4.28. The van der Waals surface area contributed by atoms with Gasteiger partial charge in [0.1, 0.15) is 0 Å². The minimum atomic E-state index is 0.108. The van der Waals surface area contributed by atoms with Gasteiger partial charge in [0.15, 0.2) is 22.5 Å². The van der Waals surface area contributed by atoms with Crippen molar-refractivity contribution in [1.82, 2.24) is 14.8 Å². The van der Waals surface area contributed by atoms with E-state index in [0.717, 1.165) is 16.7 Å². The van der Waals surface area contributed by atoms with E-state index in [9.17, 15) is 4.79 Å². The molecule has 0 N–H and O–H groups in total. The Balaban J connectivity index is 1.78. The maximum Gasteiger partial charge on any atom is 0.200 e. The van der Waals surface area contributed by atoms with Crippen LogP contribution in [0.2, 0.25) is 0 Å². The first-order chi connectivity index (χ1) is 11.9. The molecular formula is C19H21N3O2S. The highest BCUT2D eigenvalue weighted by atomic mass is 32.2. The Morgan fingerprint density at radius 3 is 2.60 bits per heavy atom. The Morgan fingerprint density at radius 1 is 1.16 bits per heavy atom. The maximum atomic E-state index is 12.7. The van der Waals surface area contributed by atoms with Gasteiger partial charge < -0.3 is 8.98 Å². The number of benzene rings is 1. The van der Waals surface area contributed by atoms with E-state index in [1.165, 1.54) is 22.9 Å². The summed E-state index contributed by atoms with van der Waals surface area (Å²) in [7, 11) is 1.87. The van der Waals surface area contributed by atoms with E-state index in [1.807, 2.05) is 43.7 Å². The van der Waals surface area contributed by atoms with Crippen molar-refractivity contribution in [1.29, 1.82) is 0 Å². The molecule has 0 saturated carbocycles. The standard InChI is InChI=1S/C19H21N3O2S/c1-11-9-15(14(4)13(3)12(11)2)16(23)10-25-19-21-20-18(22(19)5)17-7-6-8-24-17/h6-9H,10H2,1-5H3. The number of nitrogens with zero attached hydrogens (tertiary/aromatic N) is 3. The van der Waals surface area contributed by atoms with Crippen LogP contribution in [0.25, 0.3) is 11.6 Å². The normalized spacial score (nSPS) is 11.1. The maximum absolute atomic E-state index is 12.7. The van der Waals surface area contributed by atoms with Crippen molar-refractivity contribution in [2.24, 2.45) is 7.05 Å². The Hall–Kier alpha value is -2.34. The molecule has 0 fully saturated rings. The highest BCUT2D eigenvalue weighted by Crippen LogP contribution is 2.26. The van der Waals surface area contributed by atoms with Gasteiger partial charge in [0.25, 0.3) is 0 Å². The van der Waals surface area contributed by atoms with Crippen molar-refractivity contribution in [3.05, 3.63) is 52.3 Å². The summed E-state index contributed by atoms with van der Waals surface area (Å²) in [4.78, 5) is 12.7. The van der Waals surface area contributed by atoms with Crippen LogP contribution in [0.5, 0.6) is 0 Å². The van der Waals surface area contributed by atoms with Crippen LogP contribution in [0.15, 0.2) is 34.0 Å². The topological polar surface area (TPSA) is 60.9 Å². The van der Waals surface area contributed by atoms with Crippen LogP contribution in [0.3, 0.4) is 0 Å². The molecule has 130 valence electrons. The van der Waals surface area contributed by atoms with E-state index < -0.39 is 0 Å². The lowest BCUT2D eigenvalue weighted by molar-refractivity contribution is 0.102. The highest BCUT2D eigenvalue weighted by molar-refractivity contribution is 7.99. The van der Waals surface area contributed by atoms with Gasteiger partial charge in [-0.1, -0.05) is 11.8 Å². The van der Waals surface area contributed by atoms with Gasteiger partial charge in [0, 0.05) is 12.6 Å². The number of ketones is 1. The van der Waals surface area contributed by atoms with Crippen molar-refractivity contribution in [2.45, 2.75) is 32.9 Å². The third-order valence-corrected chi connectivity index (χ3v) is 5.71. The van der Waals surface area contributed by atoms with Crippen molar-refractivity contribution in [3.63, 3.8) is 0 Å². The van der Waals surface area contributed by atoms with Gasteiger partial charge in [0.2, 0.25) is 0 Å². The van der Waals surface area contributed by atoms with Crippen molar-refractivity contribution < 1.29 is 9.21 Å². The molecule has 0 aliphatic rings. The average molecular weight is 355 g/mol. The third kappa shape index (κ3) is 3.26. The van der Waals surface area contributed by atoms with Crippen molar-refractivity contribution in [3.8, 4) is 11.6 Å². The Bertz CT molecular complexity index is 927. The fourth-order valence-corrected chi connectivity index (χ4v) is 3.56. The molecule has 25 heavy (non-hydrogen) atoms. The summed E-state index contributed by atoms with van der Waals surface area (Å²) in [5, 5.41) is 9.02. The Morgan fingerprint density at radius 2 is 1.92 bits per heavy atom. The lowest BCUT2D eigenvalue weighted by Gasteiger charge is -2.13. The molecule has 0 spiro atoms. The summed E-state index contributed by atoms with van der Waals surface area (Å²) in [6.07, 6.45) is 1.60. The number of rotatable bonds is 5. The van der Waals surface area contributed by atoms with Gasteiger partial charge in [-0.3, -0.25) is 4.79 Å². The molecule has 2 aromatic heterocycles. The number of aromatic nitrogens is 3. The van der Waals surface area contributed by atoms with Crippen molar-refractivity contribution >= 4 is 17.5 Å². The average Bonchev–Trinajstić information content (AvgIpc) is 3.23. The number of carbonyl (C=O) groups excluding carboxylic acids is 1. The van der Waals surface area contributed by atoms with E-state index >= 15 is 0 Å². The number of hydrogen-bond donors (Lipinski definition) is 0. The van der Waals surface area contributed by atoms with Gasteiger partial charge in [-0.25, -0.2) is 0 Å². The van der Waals surface area contributed by atoms with Crippen LogP contribution < -0.4 is 0 Å². The molecule has 6 heteroatoms. The summed E-state index contributed by atoms with van der Waals surface area (Å²) in [5.74, 6) is 1.75. The third-order valence-electron chi connectivity index (χ3n) is 4.69. The minimum absolute atomic E-state index is 0.108. The zero-order valence-corrected chi connectivity index (χ0v) is 15.9. The van der Waals surface area contributed by atoms with Gasteiger partial charge in [-0.05, 0) is 68.1 Å². The summed E-state index contributed by atoms with van der Waals surface area (Å²) in [5.41, 5.74) is 5.44. The van der Waals surface area contributed by atoms with Gasteiger partial charge >= 0.3 is 0 Å². The molecule has 0 aliphatic heterocycles. The Labute approximate surface area is 151 Å². The number of furan rings is 1. The molecule has 0 radical (unpaired) electrons. The molecule has 0 unspecified atom stereocenters. The summed E-state index contributed by atoms with van der Waals surface area (Å²) < 4.78 is 7.20. The van der Waals surface area contributed by atoms with E-state index in [0.29, 0.717) is 22.5 Å². The number of carbonyl (C=O) groups is 1. The highest BCUT2D eigenvalue weighted by Gasteiger charge is 2.17. The van der Waals surface area contributed by atoms with Crippen LogP contribution in [0.4, 0.5) is 0 Å². The summed E-state index contributed by atoms with van der Waals surface area (Å²) in [6.45, 7) is 8.22. The number of Topliss-reactive ketones (excluding diaryl/α,β-unsaturated/α-hetero) is 1. The smallest absolute Gasteiger partial charge is 0.200 e. The fraction of sp³-hybridized carbons (Fsp3) is 0.316. The minimum Gasteiger partial charge on any atom is -0.461 e. The number of thioether (sulfide) groups is 1. The zero-order valence-electron chi connectivity index (χ0n) is 15.1. The van der Waals surface area contributed by atoms with Gasteiger partial charge in [0.05, 0.1) is 12.0 Å². The summed E-state index contributed by atoms with van der Waals surface area (Å²) in [6, 6.07) is 5.64. The predicted molar refractivity (Wildman–Crippen MR) is 99.1 cm³/mol. The van der Waals surface area contributed by atoms with Crippen molar-refractivity contribution in [2.75, 3.05) is 5.75 Å². The van der Waals surface area contributed by atoms with E-state index in [-0.39, 0.29) is 5.78 Å². The Kier molecular flexibility index (Phi) is 4.81. The SMILES string of the molecule is Cc1cc(C(=O)CSc2nnc(-c3ccco3)n2C)c(C)c(C)c1C. The molecule has 1 aromatic carbocycles. The number of aryl methyl sites for hydroxylation is 1. The van der Waals surface area contributed by atoms with Gasteiger partial charge in [-0.2, -0.15) is 0 Å². The molecule has 3 aromatic rings. The largest absolute Gasteiger partial charge is 0.461 e. The lowest BCUT2D eigenvalue weighted by Crippen LogP contribution is -2.08. The second-order valence-electron chi connectivity index (χ2n) is 6.17. The molecule has 0 saturated heterocycles. The molecule has 0 atom stereocenters. The van der Waals surface area contributed by atoms with Crippen LogP contribution in [0.1, 0.15) is 32.6 Å². The van der Waals surface area contributed by atoms with Gasteiger partial charge in [-0.15, -0.1) is 10.2 Å². The quantitative estimate of drug-likeness (QED) is 0.505. The molecular weight excluding hydrogens is 334 g/mol. The summed E-state index contributed by atoms with van der Waals surface area (Å²) >= 11 is 1.39. The van der Waals surface area contributed by atoms with Crippen LogP contribution >= 0.6 is 11.8 Å². The van der Waals surface area contributed by atoms with E-state index in [1.54, 1.807) is 6.26 Å². The van der Waals surface area contributed by atoms with E-state index in [2.05, 4.69) is 24.0 Å². The lowest BCUT2D eigenvalue weighted by atomic mass is 9.93. The molecule has 0 bridgehead atoms. The molecule has 3 rings (SSSR count). The molecule has 2 heterocycles.